The quantitative estimate of drug-likeness (QED) is 0.797. The summed E-state index contributed by atoms with van der Waals surface area (Å²) in [5, 5.41) is 14.9. The molecular weight excluding hydrogens is 290 g/mol. The molecule has 2 aromatic heterocycles. The summed E-state index contributed by atoms with van der Waals surface area (Å²) in [6.07, 6.45) is 0. The van der Waals surface area contributed by atoms with Gasteiger partial charge in [0.2, 0.25) is 0 Å². The van der Waals surface area contributed by atoms with Crippen LogP contribution in [0.5, 0.6) is 0 Å². The fourth-order valence-electron chi connectivity index (χ4n) is 2.78. The normalized spacial score (nSPS) is 11.3. The van der Waals surface area contributed by atoms with Crippen molar-refractivity contribution in [1.29, 1.82) is 0 Å². The summed E-state index contributed by atoms with van der Waals surface area (Å²) in [7, 11) is 0. The first-order valence-electron chi connectivity index (χ1n) is 7.59. The van der Waals surface area contributed by atoms with E-state index in [-0.39, 0.29) is 11.5 Å². The first-order valence-corrected chi connectivity index (χ1v) is 7.59. The summed E-state index contributed by atoms with van der Waals surface area (Å²) in [5.74, 6) is -0.850. The van der Waals surface area contributed by atoms with Gasteiger partial charge in [0.15, 0.2) is 5.65 Å². The van der Waals surface area contributed by atoms with E-state index in [0.29, 0.717) is 16.7 Å². The summed E-state index contributed by atoms with van der Waals surface area (Å²) in [4.78, 5) is 16.2. The zero-order valence-electron chi connectivity index (χ0n) is 13.7. The number of pyridine rings is 1. The highest BCUT2D eigenvalue weighted by molar-refractivity contribution is 6.03. The molecule has 0 aliphatic heterocycles. The Labute approximate surface area is 134 Å². The molecular formula is C18H19N3O2. The molecule has 5 heteroatoms. The van der Waals surface area contributed by atoms with Gasteiger partial charge in [-0.25, -0.2) is 14.5 Å². The van der Waals surface area contributed by atoms with Gasteiger partial charge in [-0.1, -0.05) is 26.0 Å². The number of fused-ring (bicyclic) bond motifs is 1. The van der Waals surface area contributed by atoms with E-state index in [9.17, 15) is 9.90 Å². The van der Waals surface area contributed by atoms with E-state index in [1.807, 2.05) is 45.0 Å². The van der Waals surface area contributed by atoms with Crippen molar-refractivity contribution in [3.8, 4) is 5.69 Å². The maximum absolute atomic E-state index is 11.7. The van der Waals surface area contributed by atoms with Gasteiger partial charge in [-0.15, -0.1) is 0 Å². The van der Waals surface area contributed by atoms with Crippen molar-refractivity contribution in [1.82, 2.24) is 14.8 Å². The predicted molar refractivity (Wildman–Crippen MR) is 89.4 cm³/mol. The van der Waals surface area contributed by atoms with Crippen LogP contribution in [0.15, 0.2) is 30.3 Å². The highest BCUT2D eigenvalue weighted by atomic mass is 16.4. The van der Waals surface area contributed by atoms with Crippen LogP contribution in [-0.4, -0.2) is 25.8 Å². The SMILES string of the molecule is Cc1cccc(-n2nc(C(C)C)c3c(C(=O)O)cc(C)nc32)c1. The highest BCUT2D eigenvalue weighted by Gasteiger charge is 2.22. The van der Waals surface area contributed by atoms with Gasteiger partial charge in [0.05, 0.1) is 22.3 Å². The largest absolute Gasteiger partial charge is 0.478 e. The van der Waals surface area contributed by atoms with Crippen molar-refractivity contribution >= 4 is 17.0 Å². The highest BCUT2D eigenvalue weighted by Crippen LogP contribution is 2.29. The van der Waals surface area contributed by atoms with Crippen molar-refractivity contribution in [3.05, 3.63) is 52.8 Å². The molecule has 1 N–H and O–H groups in total. The molecule has 0 unspecified atom stereocenters. The van der Waals surface area contributed by atoms with Crippen molar-refractivity contribution < 1.29 is 9.90 Å². The lowest BCUT2D eigenvalue weighted by molar-refractivity contribution is 0.0698. The Bertz CT molecular complexity index is 910. The molecule has 0 saturated heterocycles. The topological polar surface area (TPSA) is 68.0 Å². The molecule has 0 amide bonds. The summed E-state index contributed by atoms with van der Waals surface area (Å²) < 4.78 is 1.75. The standard InChI is InChI=1S/C18H19N3O2/c1-10(2)16-15-14(18(22)23)9-12(4)19-17(15)21(20-16)13-7-5-6-11(3)8-13/h5-10H,1-4H3,(H,22,23). The Balaban J connectivity index is 2.43. The Kier molecular flexibility index (Phi) is 3.64. The van der Waals surface area contributed by atoms with Crippen LogP contribution in [0.4, 0.5) is 0 Å². The van der Waals surface area contributed by atoms with Crippen LogP contribution in [0.1, 0.15) is 47.1 Å². The zero-order valence-corrected chi connectivity index (χ0v) is 13.7. The predicted octanol–water partition coefficient (Wildman–Crippen LogP) is 3.86. The number of carboxylic acids is 1. The van der Waals surface area contributed by atoms with Crippen LogP contribution in [0, 0.1) is 13.8 Å². The van der Waals surface area contributed by atoms with Gasteiger partial charge in [0.25, 0.3) is 0 Å². The van der Waals surface area contributed by atoms with Gasteiger partial charge in [-0.3, -0.25) is 0 Å². The van der Waals surface area contributed by atoms with E-state index in [2.05, 4.69) is 10.1 Å². The second kappa shape index (κ2) is 5.50. The third-order valence-corrected chi connectivity index (χ3v) is 3.82. The Hall–Kier alpha value is -2.69. The number of nitrogens with zero attached hydrogens (tertiary/aromatic N) is 3. The zero-order chi connectivity index (χ0) is 16.7. The van der Waals surface area contributed by atoms with Crippen molar-refractivity contribution in [2.75, 3.05) is 0 Å². The first-order chi connectivity index (χ1) is 10.9. The Morgan fingerprint density at radius 3 is 2.57 bits per heavy atom. The number of aryl methyl sites for hydroxylation is 2. The molecule has 0 saturated carbocycles. The minimum absolute atomic E-state index is 0.103. The molecule has 0 radical (unpaired) electrons. The van der Waals surface area contributed by atoms with Gasteiger partial charge < -0.3 is 5.11 Å². The van der Waals surface area contributed by atoms with Crippen molar-refractivity contribution in [2.45, 2.75) is 33.6 Å². The van der Waals surface area contributed by atoms with Crippen LogP contribution >= 0.6 is 0 Å². The maximum atomic E-state index is 11.7. The average molecular weight is 309 g/mol. The molecule has 5 nitrogen and oxygen atoms in total. The molecule has 0 fully saturated rings. The van der Waals surface area contributed by atoms with Crippen molar-refractivity contribution in [2.24, 2.45) is 0 Å². The summed E-state index contributed by atoms with van der Waals surface area (Å²) in [6, 6.07) is 9.55. The van der Waals surface area contributed by atoms with E-state index >= 15 is 0 Å². The second-order valence-corrected chi connectivity index (χ2v) is 6.11. The van der Waals surface area contributed by atoms with E-state index < -0.39 is 5.97 Å². The molecule has 0 bridgehead atoms. The van der Waals surface area contributed by atoms with Crippen molar-refractivity contribution in [3.63, 3.8) is 0 Å². The molecule has 3 rings (SSSR count). The van der Waals surface area contributed by atoms with Gasteiger partial charge >= 0.3 is 5.97 Å². The first kappa shape index (κ1) is 15.2. The number of hydrogen-bond acceptors (Lipinski definition) is 3. The monoisotopic (exact) mass is 309 g/mol. The van der Waals surface area contributed by atoms with E-state index in [0.717, 1.165) is 16.9 Å². The van der Waals surface area contributed by atoms with Crippen LogP contribution in [0.2, 0.25) is 0 Å². The lowest BCUT2D eigenvalue weighted by Gasteiger charge is -2.05. The number of benzene rings is 1. The molecule has 0 spiro atoms. The van der Waals surface area contributed by atoms with Crippen LogP contribution in [-0.2, 0) is 0 Å². The lowest BCUT2D eigenvalue weighted by atomic mass is 10.0. The van der Waals surface area contributed by atoms with E-state index in [4.69, 9.17) is 0 Å². The maximum Gasteiger partial charge on any atom is 0.336 e. The van der Waals surface area contributed by atoms with Gasteiger partial charge in [0, 0.05) is 5.69 Å². The Morgan fingerprint density at radius 1 is 1.22 bits per heavy atom. The molecule has 23 heavy (non-hydrogen) atoms. The lowest BCUT2D eigenvalue weighted by Crippen LogP contribution is -2.02. The van der Waals surface area contributed by atoms with Crippen LogP contribution in [0.25, 0.3) is 16.7 Å². The van der Waals surface area contributed by atoms with Gasteiger partial charge in [0.1, 0.15) is 0 Å². The molecule has 0 atom stereocenters. The fourth-order valence-corrected chi connectivity index (χ4v) is 2.78. The van der Waals surface area contributed by atoms with Gasteiger partial charge in [-0.05, 0) is 43.5 Å². The summed E-state index contributed by atoms with van der Waals surface area (Å²) in [5.41, 5.74) is 4.27. The smallest absolute Gasteiger partial charge is 0.336 e. The third-order valence-electron chi connectivity index (χ3n) is 3.82. The number of carboxylic acid groups (broad SMARTS) is 1. The molecule has 3 aromatic rings. The Morgan fingerprint density at radius 2 is 1.96 bits per heavy atom. The minimum atomic E-state index is -0.953. The minimum Gasteiger partial charge on any atom is -0.478 e. The number of aromatic carboxylic acids is 1. The van der Waals surface area contributed by atoms with E-state index in [1.54, 1.807) is 17.7 Å². The summed E-state index contributed by atoms with van der Waals surface area (Å²) in [6.45, 7) is 7.83. The second-order valence-electron chi connectivity index (χ2n) is 6.11. The molecule has 118 valence electrons. The molecule has 0 aliphatic carbocycles. The van der Waals surface area contributed by atoms with E-state index in [1.165, 1.54) is 0 Å². The molecule has 2 heterocycles. The summed E-state index contributed by atoms with van der Waals surface area (Å²) >= 11 is 0. The fraction of sp³-hybridized carbons (Fsp3) is 0.278. The average Bonchev–Trinajstić information content (AvgIpc) is 2.85. The number of carbonyl (C=O) groups is 1. The third kappa shape index (κ3) is 2.59. The number of aromatic nitrogens is 3. The van der Waals surface area contributed by atoms with Gasteiger partial charge in [-0.2, -0.15) is 5.10 Å². The molecule has 1 aromatic carbocycles. The van der Waals surface area contributed by atoms with Crippen LogP contribution in [0.3, 0.4) is 0 Å². The van der Waals surface area contributed by atoms with Crippen LogP contribution < -0.4 is 0 Å². The number of rotatable bonds is 3. The number of hydrogen-bond donors (Lipinski definition) is 1. The molecule has 0 aliphatic rings.